The number of nitrogens with one attached hydrogen (secondary N) is 1. The molecule has 2 rings (SSSR count). The average molecular weight is 298 g/mol. The van der Waals surface area contributed by atoms with Crippen molar-refractivity contribution in [2.45, 2.75) is 44.8 Å². The van der Waals surface area contributed by atoms with Crippen LogP contribution in [0.25, 0.3) is 0 Å². The van der Waals surface area contributed by atoms with E-state index >= 15 is 0 Å². The van der Waals surface area contributed by atoms with E-state index in [0.29, 0.717) is 0 Å². The SMILES string of the molecule is CCCCCCSC1=NC2C(C(=O)NC(=O)N2C)N1C. The molecule has 7 heteroatoms. The lowest BCUT2D eigenvalue weighted by Gasteiger charge is -2.34. The Balaban J connectivity index is 1.94. The first kappa shape index (κ1) is 15.2. The predicted molar refractivity (Wildman–Crippen MR) is 80.7 cm³/mol. The van der Waals surface area contributed by atoms with E-state index in [2.05, 4.69) is 17.2 Å². The summed E-state index contributed by atoms with van der Waals surface area (Å²) < 4.78 is 0. The average Bonchev–Trinajstić information content (AvgIpc) is 2.74. The van der Waals surface area contributed by atoms with Gasteiger partial charge in [0, 0.05) is 19.8 Å². The van der Waals surface area contributed by atoms with Gasteiger partial charge in [0.2, 0.25) is 0 Å². The molecule has 0 spiro atoms. The number of urea groups is 1. The predicted octanol–water partition coefficient (Wildman–Crippen LogP) is 1.48. The summed E-state index contributed by atoms with van der Waals surface area (Å²) in [5.41, 5.74) is 0. The van der Waals surface area contributed by atoms with Crippen molar-refractivity contribution in [1.82, 2.24) is 15.1 Å². The number of amides is 3. The van der Waals surface area contributed by atoms with Crippen LogP contribution in [0.4, 0.5) is 4.79 Å². The van der Waals surface area contributed by atoms with E-state index in [9.17, 15) is 9.59 Å². The van der Waals surface area contributed by atoms with Crippen molar-refractivity contribution in [2.75, 3.05) is 19.8 Å². The lowest BCUT2D eigenvalue weighted by Crippen LogP contribution is -2.63. The Hall–Kier alpha value is -1.24. The molecule has 0 aromatic heterocycles. The zero-order chi connectivity index (χ0) is 14.7. The molecule has 0 saturated carbocycles. The van der Waals surface area contributed by atoms with Gasteiger partial charge in [-0.15, -0.1) is 0 Å². The van der Waals surface area contributed by atoms with Crippen LogP contribution in [0.2, 0.25) is 0 Å². The summed E-state index contributed by atoms with van der Waals surface area (Å²) in [6, 6.07) is -0.765. The van der Waals surface area contributed by atoms with Gasteiger partial charge in [0.15, 0.2) is 17.4 Å². The van der Waals surface area contributed by atoms with Crippen LogP contribution in [0.5, 0.6) is 0 Å². The van der Waals surface area contributed by atoms with E-state index in [1.54, 1.807) is 18.8 Å². The van der Waals surface area contributed by atoms with Crippen LogP contribution in [0.1, 0.15) is 32.6 Å². The van der Waals surface area contributed by atoms with Crippen LogP contribution in [-0.2, 0) is 4.79 Å². The van der Waals surface area contributed by atoms with Crippen molar-refractivity contribution in [3.8, 4) is 0 Å². The highest BCUT2D eigenvalue weighted by Gasteiger charge is 2.47. The first-order chi connectivity index (χ1) is 9.56. The van der Waals surface area contributed by atoms with Crippen molar-refractivity contribution in [2.24, 2.45) is 4.99 Å². The number of hydrogen-bond donors (Lipinski definition) is 1. The molecule has 0 aliphatic carbocycles. The van der Waals surface area contributed by atoms with Gasteiger partial charge in [-0.3, -0.25) is 10.1 Å². The number of carbonyl (C=O) groups excluding carboxylic acids is 2. The lowest BCUT2D eigenvalue weighted by molar-refractivity contribution is -0.126. The molecule has 2 atom stereocenters. The second-order valence-corrected chi connectivity index (χ2v) is 6.26. The normalized spacial score (nSPS) is 25.6. The molecule has 1 N–H and O–H groups in total. The van der Waals surface area contributed by atoms with Gasteiger partial charge in [-0.05, 0) is 6.42 Å². The maximum atomic E-state index is 11.9. The number of likely N-dealkylation sites (N-methyl/N-ethyl adjacent to an activating group) is 2. The third kappa shape index (κ3) is 2.92. The molecular formula is C13H22N4O2S. The Kier molecular flexibility index (Phi) is 4.91. The summed E-state index contributed by atoms with van der Waals surface area (Å²) in [6.07, 6.45) is 4.48. The summed E-state index contributed by atoms with van der Waals surface area (Å²) in [7, 11) is 3.54. The highest BCUT2D eigenvalue weighted by Crippen LogP contribution is 2.27. The topological polar surface area (TPSA) is 65.0 Å². The summed E-state index contributed by atoms with van der Waals surface area (Å²) >= 11 is 1.67. The van der Waals surface area contributed by atoms with Gasteiger partial charge in [-0.1, -0.05) is 37.9 Å². The zero-order valence-corrected chi connectivity index (χ0v) is 13.1. The number of aliphatic imine (C=N–C) groups is 1. The number of fused-ring (bicyclic) bond motifs is 1. The molecule has 1 fully saturated rings. The number of amidine groups is 1. The molecule has 20 heavy (non-hydrogen) atoms. The first-order valence-electron chi connectivity index (χ1n) is 7.07. The van der Waals surface area contributed by atoms with Crippen LogP contribution >= 0.6 is 11.8 Å². The molecule has 0 aromatic carbocycles. The van der Waals surface area contributed by atoms with Crippen LogP contribution in [0.15, 0.2) is 4.99 Å². The summed E-state index contributed by atoms with van der Waals surface area (Å²) in [4.78, 5) is 31.4. The standard InChI is InChI=1S/C13H22N4O2S/c1-4-5-6-7-8-20-13-14-10-9(16(13)2)11(18)15-12(19)17(10)3/h9-10H,4-8H2,1-3H3,(H,15,18,19). The lowest BCUT2D eigenvalue weighted by atomic mass is 10.1. The Morgan fingerprint density at radius 3 is 2.65 bits per heavy atom. The number of unbranched alkanes of at least 4 members (excludes halogenated alkanes) is 3. The minimum absolute atomic E-state index is 0.258. The van der Waals surface area contributed by atoms with Crippen molar-refractivity contribution < 1.29 is 9.59 Å². The van der Waals surface area contributed by atoms with Crippen molar-refractivity contribution in [3.05, 3.63) is 0 Å². The molecule has 1 saturated heterocycles. The van der Waals surface area contributed by atoms with E-state index in [-0.39, 0.29) is 18.1 Å². The summed E-state index contributed by atoms with van der Waals surface area (Å²) in [5, 5.41) is 3.21. The van der Waals surface area contributed by atoms with Gasteiger partial charge in [0.1, 0.15) is 0 Å². The molecule has 2 heterocycles. The fourth-order valence-corrected chi connectivity index (χ4v) is 3.45. The monoisotopic (exact) mass is 298 g/mol. The van der Waals surface area contributed by atoms with Gasteiger partial charge in [0.25, 0.3) is 5.91 Å². The van der Waals surface area contributed by atoms with E-state index < -0.39 is 6.04 Å². The third-order valence-corrected chi connectivity index (χ3v) is 4.83. The second kappa shape index (κ2) is 6.47. The maximum absolute atomic E-state index is 11.9. The van der Waals surface area contributed by atoms with Crippen molar-refractivity contribution >= 4 is 28.9 Å². The van der Waals surface area contributed by atoms with Gasteiger partial charge < -0.3 is 9.80 Å². The number of imide groups is 1. The largest absolute Gasteiger partial charge is 0.339 e. The minimum Gasteiger partial charge on any atom is -0.339 e. The number of carbonyl (C=O) groups is 2. The fraction of sp³-hybridized carbons (Fsp3) is 0.769. The first-order valence-corrected chi connectivity index (χ1v) is 8.06. The highest BCUT2D eigenvalue weighted by atomic mass is 32.2. The molecule has 0 bridgehead atoms. The molecule has 6 nitrogen and oxygen atoms in total. The van der Waals surface area contributed by atoms with Gasteiger partial charge in [-0.25, -0.2) is 9.79 Å². The number of nitrogens with zero attached hydrogens (tertiary/aromatic N) is 3. The van der Waals surface area contributed by atoms with Crippen molar-refractivity contribution in [3.63, 3.8) is 0 Å². The Morgan fingerprint density at radius 2 is 1.95 bits per heavy atom. The quantitative estimate of drug-likeness (QED) is 0.781. The zero-order valence-electron chi connectivity index (χ0n) is 12.3. The second-order valence-electron chi connectivity index (χ2n) is 5.20. The Bertz CT molecular complexity index is 427. The van der Waals surface area contributed by atoms with Gasteiger partial charge >= 0.3 is 6.03 Å². The minimum atomic E-state index is -0.393. The molecule has 2 aliphatic heterocycles. The van der Waals surface area contributed by atoms with E-state index in [4.69, 9.17) is 0 Å². The van der Waals surface area contributed by atoms with Crippen LogP contribution < -0.4 is 5.32 Å². The number of thioether (sulfide) groups is 1. The van der Waals surface area contributed by atoms with E-state index in [1.807, 2.05) is 11.9 Å². The molecule has 2 unspecified atom stereocenters. The highest BCUT2D eigenvalue weighted by molar-refractivity contribution is 8.13. The molecular weight excluding hydrogens is 276 g/mol. The number of rotatable bonds is 5. The summed E-state index contributed by atoms with van der Waals surface area (Å²) in [6.45, 7) is 2.19. The third-order valence-electron chi connectivity index (χ3n) is 3.69. The van der Waals surface area contributed by atoms with Crippen LogP contribution in [0, 0.1) is 0 Å². The van der Waals surface area contributed by atoms with E-state index in [1.165, 1.54) is 24.2 Å². The van der Waals surface area contributed by atoms with Crippen LogP contribution in [-0.4, -0.2) is 59.0 Å². The molecule has 2 aliphatic rings. The fourth-order valence-electron chi connectivity index (χ4n) is 2.42. The van der Waals surface area contributed by atoms with E-state index in [0.717, 1.165) is 17.3 Å². The Labute approximate surface area is 124 Å². The van der Waals surface area contributed by atoms with Gasteiger partial charge in [-0.2, -0.15) is 0 Å². The molecule has 0 radical (unpaired) electrons. The van der Waals surface area contributed by atoms with Gasteiger partial charge in [0.05, 0.1) is 0 Å². The summed E-state index contributed by atoms with van der Waals surface area (Å²) in [5.74, 6) is 0.743. The number of hydrogen-bond acceptors (Lipinski definition) is 5. The smallest absolute Gasteiger partial charge is 0.325 e. The van der Waals surface area contributed by atoms with Crippen LogP contribution in [0.3, 0.4) is 0 Å². The Morgan fingerprint density at radius 1 is 1.20 bits per heavy atom. The molecule has 0 aromatic rings. The molecule has 112 valence electrons. The molecule has 3 amide bonds. The van der Waals surface area contributed by atoms with Crippen molar-refractivity contribution in [1.29, 1.82) is 0 Å². The maximum Gasteiger partial charge on any atom is 0.325 e.